The summed E-state index contributed by atoms with van der Waals surface area (Å²) in [5.41, 5.74) is 1.23. The summed E-state index contributed by atoms with van der Waals surface area (Å²) in [7, 11) is 0. The van der Waals surface area contributed by atoms with Crippen LogP contribution < -0.4 is 4.74 Å². The molecule has 0 amide bonds. The molecule has 0 fully saturated rings. The Balaban J connectivity index is 1.77. The smallest absolute Gasteiger partial charge is 0.361 e. The summed E-state index contributed by atoms with van der Waals surface area (Å²) >= 11 is 11.8. The molecule has 0 bridgehead atoms. The van der Waals surface area contributed by atoms with E-state index in [0.717, 1.165) is 0 Å². The van der Waals surface area contributed by atoms with Gasteiger partial charge in [-0.2, -0.15) is 10.3 Å². The highest BCUT2D eigenvalue weighted by Gasteiger charge is 2.19. The van der Waals surface area contributed by atoms with E-state index in [1.165, 1.54) is 12.1 Å². The summed E-state index contributed by atoms with van der Waals surface area (Å²) < 4.78 is 10.2. The van der Waals surface area contributed by atoms with Crippen molar-refractivity contribution in [3.05, 3.63) is 63.8 Å². The van der Waals surface area contributed by atoms with E-state index in [1.54, 1.807) is 37.3 Å². The van der Waals surface area contributed by atoms with Crippen molar-refractivity contribution in [3.63, 3.8) is 0 Å². The van der Waals surface area contributed by atoms with Crippen LogP contribution in [0.5, 0.6) is 5.75 Å². The maximum absolute atomic E-state index is 12.2. The van der Waals surface area contributed by atoms with E-state index < -0.39 is 11.9 Å². The first kappa shape index (κ1) is 18.9. The number of esters is 2. The van der Waals surface area contributed by atoms with Crippen LogP contribution in [0, 0.1) is 0 Å². The van der Waals surface area contributed by atoms with Gasteiger partial charge in [0.15, 0.2) is 5.69 Å². The molecule has 0 aliphatic rings. The van der Waals surface area contributed by atoms with Gasteiger partial charge in [-0.15, -0.1) is 5.10 Å². The number of aromatic amines is 1. The lowest BCUT2D eigenvalue weighted by molar-refractivity contribution is 0.0520. The van der Waals surface area contributed by atoms with Crippen LogP contribution in [-0.4, -0.2) is 34.0 Å². The SMILES string of the molecule is CCOC(=O)c1n[nH]nc1-c1ccc(OC(=O)c2ccc(Cl)cc2Cl)cc1. The molecule has 3 rings (SSSR count). The van der Waals surface area contributed by atoms with Gasteiger partial charge < -0.3 is 9.47 Å². The summed E-state index contributed by atoms with van der Waals surface area (Å²) in [5.74, 6) is -0.886. The molecular formula is C18H13Cl2N3O4. The Morgan fingerprint density at radius 2 is 1.78 bits per heavy atom. The highest BCUT2D eigenvalue weighted by Crippen LogP contribution is 2.25. The Morgan fingerprint density at radius 3 is 2.44 bits per heavy atom. The van der Waals surface area contributed by atoms with Crippen LogP contribution >= 0.6 is 23.2 Å². The number of nitrogens with one attached hydrogen (secondary N) is 1. The summed E-state index contributed by atoms with van der Waals surface area (Å²) in [6.07, 6.45) is 0. The van der Waals surface area contributed by atoms with E-state index in [0.29, 0.717) is 22.0 Å². The van der Waals surface area contributed by atoms with Crippen LogP contribution in [0.1, 0.15) is 27.8 Å². The van der Waals surface area contributed by atoms with Gasteiger partial charge in [-0.25, -0.2) is 9.59 Å². The maximum Gasteiger partial charge on any atom is 0.361 e. The average molecular weight is 406 g/mol. The van der Waals surface area contributed by atoms with Crippen molar-refractivity contribution in [2.45, 2.75) is 6.92 Å². The first-order valence-electron chi connectivity index (χ1n) is 7.85. The number of halogens is 2. The number of nitrogens with zero attached hydrogens (tertiary/aromatic N) is 2. The van der Waals surface area contributed by atoms with Crippen molar-refractivity contribution >= 4 is 35.1 Å². The normalized spacial score (nSPS) is 10.5. The fraction of sp³-hybridized carbons (Fsp3) is 0.111. The van der Waals surface area contributed by atoms with Gasteiger partial charge in [-0.05, 0) is 49.4 Å². The molecule has 1 aromatic heterocycles. The number of benzene rings is 2. The molecule has 0 saturated heterocycles. The number of hydrogen-bond acceptors (Lipinski definition) is 6. The number of carbonyl (C=O) groups is 2. The topological polar surface area (TPSA) is 94.2 Å². The van der Waals surface area contributed by atoms with Crippen molar-refractivity contribution in [1.29, 1.82) is 0 Å². The molecule has 0 aliphatic heterocycles. The van der Waals surface area contributed by atoms with Crippen LogP contribution in [0.3, 0.4) is 0 Å². The number of rotatable bonds is 5. The third-order valence-electron chi connectivity index (χ3n) is 3.51. The monoisotopic (exact) mass is 405 g/mol. The molecule has 2 aromatic carbocycles. The van der Waals surface area contributed by atoms with Crippen molar-refractivity contribution < 1.29 is 19.1 Å². The van der Waals surface area contributed by atoms with Crippen LogP contribution in [0.15, 0.2) is 42.5 Å². The molecule has 0 aliphatic carbocycles. The van der Waals surface area contributed by atoms with E-state index in [-0.39, 0.29) is 22.9 Å². The Kier molecular flexibility index (Phi) is 5.73. The minimum atomic E-state index is -0.613. The highest BCUT2D eigenvalue weighted by molar-refractivity contribution is 6.36. The second-order valence-corrected chi connectivity index (χ2v) is 6.12. The van der Waals surface area contributed by atoms with Crippen LogP contribution in [0.2, 0.25) is 10.0 Å². The Hall–Kier alpha value is -2.90. The Morgan fingerprint density at radius 1 is 1.04 bits per heavy atom. The molecule has 0 radical (unpaired) electrons. The molecular weight excluding hydrogens is 393 g/mol. The summed E-state index contributed by atoms with van der Waals surface area (Å²) in [5, 5.41) is 10.8. The quantitative estimate of drug-likeness (QED) is 0.505. The fourth-order valence-corrected chi connectivity index (χ4v) is 2.76. The third-order valence-corrected chi connectivity index (χ3v) is 4.05. The van der Waals surface area contributed by atoms with Crippen molar-refractivity contribution in [1.82, 2.24) is 15.4 Å². The maximum atomic E-state index is 12.2. The molecule has 3 aromatic rings. The second kappa shape index (κ2) is 8.20. The summed E-state index contributed by atoms with van der Waals surface area (Å²) in [6.45, 7) is 1.93. The zero-order valence-corrected chi connectivity index (χ0v) is 15.5. The number of ether oxygens (including phenoxy) is 2. The lowest BCUT2D eigenvalue weighted by Gasteiger charge is -2.07. The fourth-order valence-electron chi connectivity index (χ4n) is 2.27. The van der Waals surface area contributed by atoms with Gasteiger partial charge in [-0.1, -0.05) is 23.2 Å². The van der Waals surface area contributed by atoms with Crippen molar-refractivity contribution in [2.24, 2.45) is 0 Å². The first-order valence-corrected chi connectivity index (χ1v) is 8.60. The molecule has 9 heteroatoms. The van der Waals surface area contributed by atoms with E-state index in [2.05, 4.69) is 15.4 Å². The number of H-pyrrole nitrogens is 1. The van der Waals surface area contributed by atoms with Gasteiger partial charge in [0.2, 0.25) is 0 Å². The lowest BCUT2D eigenvalue weighted by atomic mass is 10.1. The van der Waals surface area contributed by atoms with E-state index in [4.69, 9.17) is 32.7 Å². The largest absolute Gasteiger partial charge is 0.461 e. The third kappa shape index (κ3) is 4.27. The van der Waals surface area contributed by atoms with Crippen molar-refractivity contribution in [3.8, 4) is 17.0 Å². The predicted molar refractivity (Wildman–Crippen MR) is 99.2 cm³/mol. The summed E-state index contributed by atoms with van der Waals surface area (Å²) in [6, 6.07) is 10.9. The standard InChI is InChI=1S/C18H13Cl2N3O4/c1-2-26-18(25)16-15(21-23-22-16)10-3-6-12(7-4-10)27-17(24)13-8-5-11(19)9-14(13)20/h3-9H,2H2,1H3,(H,21,22,23). The Labute approximate surface area is 164 Å². The van der Waals surface area contributed by atoms with E-state index in [1.807, 2.05) is 0 Å². The lowest BCUT2D eigenvalue weighted by Crippen LogP contribution is -2.09. The second-order valence-electron chi connectivity index (χ2n) is 5.28. The minimum Gasteiger partial charge on any atom is -0.461 e. The van der Waals surface area contributed by atoms with Crippen LogP contribution in [0.25, 0.3) is 11.3 Å². The predicted octanol–water partition coefficient (Wildman–Crippen LogP) is 4.17. The minimum absolute atomic E-state index is 0.0783. The van der Waals surface area contributed by atoms with Gasteiger partial charge in [-0.3, -0.25) is 0 Å². The number of carbonyl (C=O) groups excluding carboxylic acids is 2. The van der Waals surface area contributed by atoms with Gasteiger partial charge >= 0.3 is 11.9 Å². The van der Waals surface area contributed by atoms with E-state index >= 15 is 0 Å². The van der Waals surface area contributed by atoms with E-state index in [9.17, 15) is 9.59 Å². The van der Waals surface area contributed by atoms with Crippen molar-refractivity contribution in [2.75, 3.05) is 6.61 Å². The van der Waals surface area contributed by atoms with Gasteiger partial charge in [0.05, 0.1) is 17.2 Å². The van der Waals surface area contributed by atoms with Crippen LogP contribution in [0.4, 0.5) is 0 Å². The average Bonchev–Trinajstić information content (AvgIpc) is 3.12. The van der Waals surface area contributed by atoms with Gasteiger partial charge in [0.25, 0.3) is 0 Å². The number of hydrogen-bond donors (Lipinski definition) is 1. The number of aromatic nitrogens is 3. The molecule has 27 heavy (non-hydrogen) atoms. The van der Waals surface area contributed by atoms with Crippen LogP contribution in [-0.2, 0) is 4.74 Å². The van der Waals surface area contributed by atoms with Gasteiger partial charge in [0.1, 0.15) is 11.4 Å². The molecule has 1 N–H and O–H groups in total. The zero-order chi connectivity index (χ0) is 19.4. The first-order chi connectivity index (χ1) is 13.0. The highest BCUT2D eigenvalue weighted by atomic mass is 35.5. The molecule has 0 spiro atoms. The molecule has 1 heterocycles. The van der Waals surface area contributed by atoms with Gasteiger partial charge in [0, 0.05) is 10.6 Å². The Bertz CT molecular complexity index is 987. The molecule has 138 valence electrons. The molecule has 0 unspecified atom stereocenters. The summed E-state index contributed by atoms with van der Waals surface area (Å²) in [4.78, 5) is 24.1. The zero-order valence-electron chi connectivity index (χ0n) is 14.0. The molecule has 0 atom stereocenters. The molecule has 7 nitrogen and oxygen atoms in total. The molecule has 0 saturated carbocycles.